The lowest BCUT2D eigenvalue weighted by atomic mass is 10.1. The van der Waals surface area contributed by atoms with Gasteiger partial charge in [-0.25, -0.2) is 0 Å². The molecule has 2 heteroatoms. The Balaban J connectivity index is 2.23. The van der Waals surface area contributed by atoms with Crippen molar-refractivity contribution in [3.05, 3.63) is 65.7 Å². The molecule has 2 aromatic carbocycles. The molecule has 0 saturated heterocycles. The summed E-state index contributed by atoms with van der Waals surface area (Å²) in [6.45, 7) is 5.64. The highest BCUT2D eigenvalue weighted by molar-refractivity contribution is 5.49. The van der Waals surface area contributed by atoms with Crippen LogP contribution in [0.3, 0.4) is 0 Å². The molecule has 2 aromatic rings. The molecule has 0 bridgehead atoms. The van der Waals surface area contributed by atoms with Crippen LogP contribution in [0.5, 0.6) is 0 Å². The monoisotopic (exact) mass is 264 g/mol. The number of benzene rings is 2. The zero-order valence-corrected chi connectivity index (χ0v) is 12.1. The van der Waals surface area contributed by atoms with Gasteiger partial charge in [0.1, 0.15) is 0 Å². The molecule has 1 unspecified atom stereocenters. The minimum atomic E-state index is 0.0132. The Morgan fingerprint density at radius 1 is 1.10 bits per heavy atom. The average molecular weight is 264 g/mol. The third-order valence-corrected chi connectivity index (χ3v) is 3.30. The van der Waals surface area contributed by atoms with Gasteiger partial charge in [-0.3, -0.25) is 0 Å². The van der Waals surface area contributed by atoms with Crippen LogP contribution in [-0.4, -0.2) is 6.54 Å². The van der Waals surface area contributed by atoms with Gasteiger partial charge >= 0.3 is 0 Å². The molecule has 0 aromatic heterocycles. The molecule has 0 fully saturated rings. The van der Waals surface area contributed by atoms with Crippen molar-refractivity contribution in [1.82, 2.24) is 0 Å². The van der Waals surface area contributed by atoms with Gasteiger partial charge in [0, 0.05) is 18.8 Å². The van der Waals surface area contributed by atoms with Gasteiger partial charge in [0.2, 0.25) is 0 Å². The van der Waals surface area contributed by atoms with Gasteiger partial charge in [-0.05, 0) is 37.1 Å². The molecule has 102 valence electrons. The van der Waals surface area contributed by atoms with E-state index in [2.05, 4.69) is 66.4 Å². The summed E-state index contributed by atoms with van der Waals surface area (Å²) in [7, 11) is 0. The van der Waals surface area contributed by atoms with Crippen LogP contribution in [0.15, 0.2) is 54.6 Å². The van der Waals surface area contributed by atoms with Crippen LogP contribution in [0.4, 0.5) is 5.69 Å². The smallest absolute Gasteiger partial charge is 0.0671 e. The van der Waals surface area contributed by atoms with Gasteiger partial charge < -0.3 is 4.90 Å². The van der Waals surface area contributed by atoms with Crippen molar-refractivity contribution < 1.29 is 0 Å². The number of nitrogens with zero attached hydrogens (tertiary/aromatic N) is 2. The lowest BCUT2D eigenvalue weighted by Crippen LogP contribution is -2.27. The number of nitriles is 1. The fraction of sp³-hybridized carbons (Fsp3) is 0.278. The molecule has 0 radical (unpaired) electrons. The second-order valence-corrected chi connectivity index (χ2v) is 5.24. The fourth-order valence-electron chi connectivity index (χ4n) is 2.26. The Morgan fingerprint density at radius 3 is 2.50 bits per heavy atom. The first-order valence-electron chi connectivity index (χ1n) is 6.94. The highest BCUT2D eigenvalue weighted by Crippen LogP contribution is 2.20. The van der Waals surface area contributed by atoms with Crippen LogP contribution < -0.4 is 4.90 Å². The Labute approximate surface area is 121 Å². The first-order valence-corrected chi connectivity index (χ1v) is 6.94. The lowest BCUT2D eigenvalue weighted by Gasteiger charge is -2.26. The molecule has 20 heavy (non-hydrogen) atoms. The SMILES string of the molecule is Cc1cccc(N(Cc2ccccc2)CC(C)C#N)c1. The van der Waals surface area contributed by atoms with E-state index >= 15 is 0 Å². The normalized spacial score (nSPS) is 11.7. The van der Waals surface area contributed by atoms with Crippen LogP contribution >= 0.6 is 0 Å². The summed E-state index contributed by atoms with van der Waals surface area (Å²) < 4.78 is 0. The van der Waals surface area contributed by atoms with E-state index in [4.69, 9.17) is 5.26 Å². The maximum absolute atomic E-state index is 9.07. The van der Waals surface area contributed by atoms with E-state index < -0.39 is 0 Å². The Hall–Kier alpha value is -2.27. The maximum atomic E-state index is 9.07. The molecule has 0 saturated carbocycles. The van der Waals surface area contributed by atoms with E-state index in [9.17, 15) is 0 Å². The van der Waals surface area contributed by atoms with Crippen LogP contribution in [0, 0.1) is 24.2 Å². The lowest BCUT2D eigenvalue weighted by molar-refractivity contribution is 0.672. The molecule has 0 aliphatic carbocycles. The van der Waals surface area contributed by atoms with Crippen molar-refractivity contribution in [2.24, 2.45) is 5.92 Å². The van der Waals surface area contributed by atoms with E-state index in [-0.39, 0.29) is 5.92 Å². The summed E-state index contributed by atoms with van der Waals surface area (Å²) in [6, 6.07) is 21.2. The second-order valence-electron chi connectivity index (χ2n) is 5.24. The third kappa shape index (κ3) is 3.86. The first kappa shape index (κ1) is 14.1. The molecule has 0 spiro atoms. The van der Waals surface area contributed by atoms with Gasteiger partial charge in [0.15, 0.2) is 0 Å². The highest BCUT2D eigenvalue weighted by atomic mass is 15.1. The first-order chi connectivity index (χ1) is 9.69. The summed E-state index contributed by atoms with van der Waals surface area (Å²) in [5.41, 5.74) is 3.68. The number of anilines is 1. The Kier molecular flexibility index (Phi) is 4.79. The number of aryl methyl sites for hydroxylation is 1. The summed E-state index contributed by atoms with van der Waals surface area (Å²) >= 11 is 0. The minimum absolute atomic E-state index is 0.0132. The van der Waals surface area contributed by atoms with Crippen molar-refractivity contribution in [1.29, 1.82) is 5.26 Å². The summed E-state index contributed by atoms with van der Waals surface area (Å²) in [4.78, 5) is 2.27. The predicted molar refractivity (Wildman–Crippen MR) is 83.4 cm³/mol. The average Bonchev–Trinajstić information content (AvgIpc) is 2.47. The van der Waals surface area contributed by atoms with Gasteiger partial charge in [-0.2, -0.15) is 5.26 Å². The zero-order valence-electron chi connectivity index (χ0n) is 12.1. The quantitative estimate of drug-likeness (QED) is 0.810. The largest absolute Gasteiger partial charge is 0.366 e. The number of rotatable bonds is 5. The van der Waals surface area contributed by atoms with Crippen molar-refractivity contribution in [3.63, 3.8) is 0 Å². The molecule has 0 N–H and O–H groups in total. The van der Waals surface area contributed by atoms with Crippen LogP contribution in [0.1, 0.15) is 18.1 Å². The van der Waals surface area contributed by atoms with Crippen LogP contribution in [0.25, 0.3) is 0 Å². The van der Waals surface area contributed by atoms with Crippen LogP contribution in [0.2, 0.25) is 0 Å². The van der Waals surface area contributed by atoms with E-state index in [0.717, 1.165) is 13.1 Å². The highest BCUT2D eigenvalue weighted by Gasteiger charge is 2.11. The summed E-state index contributed by atoms with van der Waals surface area (Å²) in [6.07, 6.45) is 0. The third-order valence-electron chi connectivity index (χ3n) is 3.30. The number of hydrogen-bond donors (Lipinski definition) is 0. The predicted octanol–water partition coefficient (Wildman–Crippen LogP) is 4.16. The van der Waals surface area contributed by atoms with Crippen molar-refractivity contribution >= 4 is 5.69 Å². The van der Waals surface area contributed by atoms with Gasteiger partial charge in [-0.1, -0.05) is 42.5 Å². The molecule has 0 aliphatic rings. The Bertz CT molecular complexity index is 584. The maximum Gasteiger partial charge on any atom is 0.0671 e. The van der Waals surface area contributed by atoms with E-state index in [0.29, 0.717) is 0 Å². The minimum Gasteiger partial charge on any atom is -0.366 e. The van der Waals surface area contributed by atoms with Gasteiger partial charge in [-0.15, -0.1) is 0 Å². The van der Waals surface area contributed by atoms with Gasteiger partial charge in [0.05, 0.1) is 12.0 Å². The van der Waals surface area contributed by atoms with Crippen molar-refractivity contribution in [3.8, 4) is 6.07 Å². The van der Waals surface area contributed by atoms with E-state index in [1.165, 1.54) is 16.8 Å². The van der Waals surface area contributed by atoms with Crippen LogP contribution in [-0.2, 0) is 6.54 Å². The fourth-order valence-corrected chi connectivity index (χ4v) is 2.26. The molecular formula is C18H20N2. The summed E-state index contributed by atoms with van der Waals surface area (Å²) in [5.74, 6) is 0.0132. The number of hydrogen-bond acceptors (Lipinski definition) is 2. The van der Waals surface area contributed by atoms with E-state index in [1.807, 2.05) is 13.0 Å². The molecule has 0 amide bonds. The van der Waals surface area contributed by atoms with Crippen molar-refractivity contribution in [2.45, 2.75) is 20.4 Å². The standard InChI is InChI=1S/C18H20N2/c1-15-7-6-10-18(11-15)20(13-16(2)12-19)14-17-8-4-3-5-9-17/h3-11,16H,13-14H2,1-2H3. The topological polar surface area (TPSA) is 27.0 Å². The molecular weight excluding hydrogens is 244 g/mol. The molecule has 2 nitrogen and oxygen atoms in total. The van der Waals surface area contributed by atoms with E-state index in [1.54, 1.807) is 0 Å². The molecule has 0 heterocycles. The summed E-state index contributed by atoms with van der Waals surface area (Å²) in [5, 5.41) is 9.07. The zero-order chi connectivity index (χ0) is 14.4. The Morgan fingerprint density at radius 2 is 1.85 bits per heavy atom. The van der Waals surface area contributed by atoms with Gasteiger partial charge in [0.25, 0.3) is 0 Å². The molecule has 1 atom stereocenters. The van der Waals surface area contributed by atoms with Crippen molar-refractivity contribution in [2.75, 3.05) is 11.4 Å². The second kappa shape index (κ2) is 6.77. The molecule has 0 aliphatic heterocycles. The molecule has 2 rings (SSSR count).